The highest BCUT2D eigenvalue weighted by Crippen LogP contribution is 2.49. The smallest absolute Gasteiger partial charge is 0.265 e. The number of carbonyl (C=O) groups excluding carboxylic acids is 1. The summed E-state index contributed by atoms with van der Waals surface area (Å²) >= 11 is 0. The highest BCUT2D eigenvalue weighted by atomic mass is 16.5. The van der Waals surface area contributed by atoms with Crippen LogP contribution in [-0.2, 0) is 10.2 Å². The van der Waals surface area contributed by atoms with Crippen LogP contribution in [0.2, 0.25) is 0 Å². The molecule has 41 heavy (non-hydrogen) atoms. The predicted molar refractivity (Wildman–Crippen MR) is 167 cm³/mol. The van der Waals surface area contributed by atoms with Crippen molar-refractivity contribution in [2.75, 3.05) is 37.7 Å². The fraction of sp³-hybridized carbons (Fsp3) is 0.324. The Labute approximate surface area is 244 Å². The van der Waals surface area contributed by atoms with Crippen molar-refractivity contribution in [2.45, 2.75) is 32.1 Å². The highest BCUT2D eigenvalue weighted by molar-refractivity contribution is 5.97. The molecule has 2 aliphatic rings. The maximum atomic E-state index is 12.8. The first-order valence-corrected chi connectivity index (χ1v) is 15.0. The first-order valence-electron chi connectivity index (χ1n) is 15.0. The van der Waals surface area contributed by atoms with Crippen molar-refractivity contribution in [1.82, 2.24) is 4.90 Å². The second kappa shape index (κ2) is 11.9. The molecule has 1 amide bonds. The number of rotatable bonds is 8. The number of benzene rings is 4. The second-order valence-electron chi connectivity index (χ2n) is 11.9. The zero-order valence-corrected chi connectivity index (χ0v) is 24.2. The monoisotopic (exact) mass is 544 g/mol. The Morgan fingerprint density at radius 2 is 1.32 bits per heavy atom. The molecular weight excluding hydrogens is 504 g/mol. The van der Waals surface area contributed by atoms with Gasteiger partial charge in [-0.05, 0) is 79.1 Å². The molecule has 0 saturated carbocycles. The number of piperidine rings is 1. The molecule has 4 aromatic carbocycles. The predicted octanol–water partition coefficient (Wildman–Crippen LogP) is 7.10. The van der Waals surface area contributed by atoms with Gasteiger partial charge in [-0.3, -0.25) is 4.79 Å². The molecule has 0 bridgehead atoms. The maximum Gasteiger partial charge on any atom is 0.265 e. The van der Waals surface area contributed by atoms with Crippen molar-refractivity contribution >= 4 is 11.6 Å². The van der Waals surface area contributed by atoms with Gasteiger partial charge in [-0.1, -0.05) is 104 Å². The molecule has 0 radical (unpaired) electrons. The number of ether oxygens (including phenoxy) is 1. The summed E-state index contributed by atoms with van der Waals surface area (Å²) < 4.78 is 5.70. The van der Waals surface area contributed by atoms with E-state index in [4.69, 9.17) is 4.74 Å². The van der Waals surface area contributed by atoms with Crippen molar-refractivity contribution in [2.24, 2.45) is 11.8 Å². The zero-order valence-electron chi connectivity index (χ0n) is 24.2. The van der Waals surface area contributed by atoms with Crippen molar-refractivity contribution < 1.29 is 9.53 Å². The Morgan fingerprint density at radius 1 is 0.780 bits per heavy atom. The molecule has 2 aliphatic heterocycles. The molecule has 0 aromatic heterocycles. The molecule has 2 heterocycles. The molecule has 6 rings (SSSR count). The lowest BCUT2D eigenvalue weighted by Crippen LogP contribution is -2.47. The second-order valence-corrected chi connectivity index (χ2v) is 11.9. The Balaban J connectivity index is 1.22. The van der Waals surface area contributed by atoms with Crippen LogP contribution in [0.3, 0.4) is 0 Å². The van der Waals surface area contributed by atoms with Crippen molar-refractivity contribution in [3.8, 4) is 5.75 Å². The van der Waals surface area contributed by atoms with E-state index in [1.807, 2.05) is 17.0 Å². The lowest BCUT2D eigenvalue weighted by Gasteiger charge is -2.47. The minimum Gasteiger partial charge on any atom is -0.482 e. The standard InChI is InChI=1S/C37H40N2O2/c1-28-18-19-35-34(24-28)39(36(40)27-41-35)26-29(2)25-38-22-20-33(21-23-38)37(30-12-6-3-7-13-30,31-14-8-4-9-15-31)32-16-10-5-11-17-32/h3-19,24,29,33H,20-23,25-27H2,1-2H3. The van der Waals surface area contributed by atoms with Gasteiger partial charge in [0.25, 0.3) is 5.91 Å². The van der Waals surface area contributed by atoms with E-state index in [9.17, 15) is 4.79 Å². The van der Waals surface area contributed by atoms with E-state index in [1.165, 1.54) is 16.7 Å². The van der Waals surface area contributed by atoms with Crippen LogP contribution in [0, 0.1) is 18.8 Å². The highest BCUT2D eigenvalue weighted by Gasteiger charge is 2.44. The lowest BCUT2D eigenvalue weighted by molar-refractivity contribution is -0.121. The van der Waals surface area contributed by atoms with Gasteiger partial charge < -0.3 is 14.5 Å². The molecule has 4 nitrogen and oxygen atoms in total. The quantitative estimate of drug-likeness (QED) is 0.222. The molecule has 4 aromatic rings. The maximum absolute atomic E-state index is 12.8. The molecule has 1 unspecified atom stereocenters. The van der Waals surface area contributed by atoms with Crippen LogP contribution in [0.5, 0.6) is 5.75 Å². The van der Waals surface area contributed by atoms with E-state index in [-0.39, 0.29) is 17.9 Å². The molecule has 0 spiro atoms. The van der Waals surface area contributed by atoms with E-state index >= 15 is 0 Å². The van der Waals surface area contributed by atoms with Gasteiger partial charge >= 0.3 is 0 Å². The van der Waals surface area contributed by atoms with Crippen LogP contribution in [0.15, 0.2) is 109 Å². The molecule has 0 aliphatic carbocycles. The number of hydrogen-bond acceptors (Lipinski definition) is 3. The number of hydrogen-bond donors (Lipinski definition) is 0. The summed E-state index contributed by atoms with van der Waals surface area (Å²) in [7, 11) is 0. The third kappa shape index (κ3) is 5.41. The minimum atomic E-state index is -0.205. The van der Waals surface area contributed by atoms with Gasteiger partial charge in [-0.25, -0.2) is 0 Å². The van der Waals surface area contributed by atoms with Gasteiger partial charge in [0.05, 0.1) is 5.69 Å². The summed E-state index contributed by atoms with van der Waals surface area (Å²) in [6.45, 7) is 8.24. The van der Waals surface area contributed by atoms with Crippen LogP contribution in [0.4, 0.5) is 5.69 Å². The van der Waals surface area contributed by atoms with Crippen molar-refractivity contribution in [1.29, 1.82) is 0 Å². The fourth-order valence-corrected chi connectivity index (χ4v) is 7.18. The summed E-state index contributed by atoms with van der Waals surface area (Å²) in [4.78, 5) is 17.4. The molecule has 0 N–H and O–H groups in total. The van der Waals surface area contributed by atoms with Crippen LogP contribution in [0.1, 0.15) is 42.0 Å². The minimum absolute atomic E-state index is 0.0482. The van der Waals surface area contributed by atoms with E-state index in [0.717, 1.165) is 49.5 Å². The summed E-state index contributed by atoms with van der Waals surface area (Å²) in [5.74, 6) is 1.68. The lowest BCUT2D eigenvalue weighted by atomic mass is 9.59. The van der Waals surface area contributed by atoms with Crippen molar-refractivity contribution in [3.05, 3.63) is 131 Å². The van der Waals surface area contributed by atoms with Crippen LogP contribution >= 0.6 is 0 Å². The van der Waals surface area contributed by atoms with E-state index in [2.05, 4.69) is 116 Å². The van der Waals surface area contributed by atoms with Crippen LogP contribution < -0.4 is 9.64 Å². The summed E-state index contributed by atoms with van der Waals surface area (Å²) in [5, 5.41) is 0. The van der Waals surface area contributed by atoms with Crippen LogP contribution in [-0.4, -0.2) is 43.6 Å². The van der Waals surface area contributed by atoms with Crippen molar-refractivity contribution in [3.63, 3.8) is 0 Å². The third-order valence-electron chi connectivity index (χ3n) is 9.01. The first-order chi connectivity index (χ1) is 20.1. The normalized spacial score (nSPS) is 17.1. The number of amides is 1. The Bertz CT molecular complexity index is 1350. The molecule has 1 fully saturated rings. The zero-order chi connectivity index (χ0) is 28.2. The first kappa shape index (κ1) is 27.3. The number of aryl methyl sites for hydroxylation is 1. The van der Waals surface area contributed by atoms with Gasteiger partial charge in [0, 0.05) is 18.5 Å². The SMILES string of the molecule is Cc1ccc2c(c1)N(CC(C)CN1CCC(C(c3ccccc3)(c3ccccc3)c3ccccc3)CC1)C(=O)CO2. The summed E-state index contributed by atoms with van der Waals surface area (Å²) in [6, 6.07) is 39.4. The Kier molecular flexibility index (Phi) is 7.93. The van der Waals surface area contributed by atoms with Crippen LogP contribution in [0.25, 0.3) is 0 Å². The number of fused-ring (bicyclic) bond motifs is 1. The summed E-state index contributed by atoms with van der Waals surface area (Å²) in [6.07, 6.45) is 2.23. The Hall–Kier alpha value is -3.89. The average Bonchev–Trinajstić information content (AvgIpc) is 3.01. The molecule has 1 saturated heterocycles. The Morgan fingerprint density at radius 3 is 1.85 bits per heavy atom. The molecule has 4 heteroatoms. The molecule has 1 atom stereocenters. The molecule has 210 valence electrons. The van der Waals surface area contributed by atoms with E-state index in [0.29, 0.717) is 18.4 Å². The van der Waals surface area contributed by atoms with Gasteiger partial charge in [-0.2, -0.15) is 0 Å². The number of likely N-dealkylation sites (tertiary alicyclic amines) is 1. The van der Waals surface area contributed by atoms with E-state index < -0.39 is 0 Å². The average molecular weight is 545 g/mol. The van der Waals surface area contributed by atoms with Gasteiger partial charge in [0.2, 0.25) is 0 Å². The van der Waals surface area contributed by atoms with Gasteiger partial charge in [0.1, 0.15) is 5.75 Å². The number of nitrogens with zero attached hydrogens (tertiary/aromatic N) is 2. The molecular formula is C37H40N2O2. The number of carbonyl (C=O) groups is 1. The topological polar surface area (TPSA) is 32.8 Å². The van der Waals surface area contributed by atoms with E-state index in [1.54, 1.807) is 0 Å². The largest absolute Gasteiger partial charge is 0.482 e. The summed E-state index contributed by atoms with van der Waals surface area (Å²) in [5.41, 5.74) is 5.94. The van der Waals surface area contributed by atoms with Gasteiger partial charge in [-0.15, -0.1) is 0 Å². The van der Waals surface area contributed by atoms with Gasteiger partial charge in [0.15, 0.2) is 6.61 Å². The third-order valence-corrected chi connectivity index (χ3v) is 9.01. The fourth-order valence-electron chi connectivity index (χ4n) is 7.18. The number of anilines is 1.